The first-order chi connectivity index (χ1) is 18.9. The van der Waals surface area contributed by atoms with Gasteiger partial charge in [-0.15, -0.1) is 0 Å². The minimum absolute atomic E-state index is 0.0483. The molecule has 0 bridgehead atoms. The summed E-state index contributed by atoms with van der Waals surface area (Å²) in [5, 5.41) is 15.4. The number of hydrogen-bond acceptors (Lipinski definition) is 5. The molecule has 1 aliphatic heterocycles. The Bertz CT molecular complexity index is 1300. The molecule has 39 heavy (non-hydrogen) atoms. The summed E-state index contributed by atoms with van der Waals surface area (Å²) in [5.74, 6) is 0.0757. The van der Waals surface area contributed by atoms with Crippen molar-refractivity contribution >= 4 is 28.3 Å². The fourth-order valence-corrected chi connectivity index (χ4v) is 6.55. The summed E-state index contributed by atoms with van der Waals surface area (Å²) in [5.41, 5.74) is 7.21. The van der Waals surface area contributed by atoms with Crippen molar-refractivity contribution in [2.75, 3.05) is 33.4 Å². The Hall–Kier alpha value is -2.48. The molecule has 1 aliphatic carbocycles. The standard InChI is InChI=1S/C32H39ClN2O4/c1-38-17-5-4-15-32(37,29-21-35(16-18-39-29)31(36)25-13-14-26(34)20-25)27-9-6-10-28(33)30(27)24-12-11-22-7-2-3-8-23(22)19-24/h2-3,6-12,19,25-26,29,37H,4-5,13-18,20-21,34H2,1H3/t25?,26-,29+,32+/m0/s1. The molecule has 0 radical (unpaired) electrons. The molecular weight excluding hydrogens is 512 g/mol. The van der Waals surface area contributed by atoms with Gasteiger partial charge in [0.2, 0.25) is 5.91 Å². The van der Waals surface area contributed by atoms with Gasteiger partial charge in [-0.1, -0.05) is 60.1 Å². The maximum absolute atomic E-state index is 13.4. The van der Waals surface area contributed by atoms with Gasteiger partial charge in [0, 0.05) is 42.8 Å². The number of ether oxygens (including phenoxy) is 2. The summed E-state index contributed by atoms with van der Waals surface area (Å²) in [7, 11) is 1.68. The van der Waals surface area contributed by atoms with Crippen LogP contribution in [0.3, 0.4) is 0 Å². The van der Waals surface area contributed by atoms with Crippen LogP contribution in [-0.2, 0) is 19.9 Å². The third kappa shape index (κ3) is 6.01. The van der Waals surface area contributed by atoms with E-state index in [1.807, 2.05) is 35.2 Å². The van der Waals surface area contributed by atoms with Gasteiger partial charge in [-0.2, -0.15) is 0 Å². The number of amides is 1. The number of benzene rings is 3. The molecule has 2 aliphatic rings. The Morgan fingerprint density at radius 3 is 2.72 bits per heavy atom. The Balaban J connectivity index is 1.52. The van der Waals surface area contributed by atoms with E-state index in [2.05, 4.69) is 30.3 Å². The lowest BCUT2D eigenvalue weighted by atomic mass is 9.78. The van der Waals surface area contributed by atoms with Crippen LogP contribution in [0.4, 0.5) is 0 Å². The molecule has 7 heteroatoms. The number of carbonyl (C=O) groups is 1. The molecule has 2 fully saturated rings. The summed E-state index contributed by atoms with van der Waals surface area (Å²) < 4.78 is 11.6. The number of aliphatic hydroxyl groups is 1. The number of morpholine rings is 1. The molecule has 1 heterocycles. The van der Waals surface area contributed by atoms with Crippen molar-refractivity contribution in [1.29, 1.82) is 0 Å². The van der Waals surface area contributed by atoms with Gasteiger partial charge in [-0.25, -0.2) is 0 Å². The van der Waals surface area contributed by atoms with Gasteiger partial charge >= 0.3 is 0 Å². The summed E-state index contributed by atoms with van der Waals surface area (Å²) in [6, 6.07) is 20.2. The maximum atomic E-state index is 13.4. The summed E-state index contributed by atoms with van der Waals surface area (Å²) >= 11 is 6.87. The van der Waals surface area contributed by atoms with E-state index in [0.29, 0.717) is 37.7 Å². The molecule has 1 saturated carbocycles. The predicted octanol–water partition coefficient (Wildman–Crippen LogP) is 5.52. The molecule has 208 valence electrons. The first-order valence-corrected chi connectivity index (χ1v) is 14.4. The highest BCUT2D eigenvalue weighted by Gasteiger charge is 2.45. The van der Waals surface area contributed by atoms with Crippen molar-refractivity contribution in [1.82, 2.24) is 4.90 Å². The number of rotatable bonds is 9. The molecule has 0 aromatic heterocycles. The summed E-state index contributed by atoms with van der Waals surface area (Å²) in [4.78, 5) is 15.3. The molecule has 6 nitrogen and oxygen atoms in total. The van der Waals surface area contributed by atoms with Gasteiger partial charge in [0.05, 0.1) is 13.2 Å². The molecule has 1 saturated heterocycles. The third-order valence-corrected chi connectivity index (χ3v) is 8.72. The Labute approximate surface area is 236 Å². The smallest absolute Gasteiger partial charge is 0.225 e. The van der Waals surface area contributed by atoms with E-state index in [9.17, 15) is 9.90 Å². The van der Waals surface area contributed by atoms with Crippen LogP contribution in [0.2, 0.25) is 5.02 Å². The summed E-state index contributed by atoms with van der Waals surface area (Å²) in [6.07, 6.45) is 3.83. The van der Waals surface area contributed by atoms with Crippen LogP contribution >= 0.6 is 11.6 Å². The highest BCUT2D eigenvalue weighted by atomic mass is 35.5. The van der Waals surface area contributed by atoms with Gasteiger partial charge in [0.25, 0.3) is 0 Å². The van der Waals surface area contributed by atoms with Gasteiger partial charge in [-0.3, -0.25) is 4.79 Å². The molecule has 1 amide bonds. The van der Waals surface area contributed by atoms with E-state index >= 15 is 0 Å². The van der Waals surface area contributed by atoms with E-state index in [4.69, 9.17) is 26.8 Å². The van der Waals surface area contributed by atoms with Crippen LogP contribution in [0.1, 0.15) is 44.1 Å². The van der Waals surface area contributed by atoms with Crippen LogP contribution in [0.15, 0.2) is 60.7 Å². The Morgan fingerprint density at radius 2 is 1.95 bits per heavy atom. The van der Waals surface area contributed by atoms with E-state index in [1.54, 1.807) is 7.11 Å². The lowest BCUT2D eigenvalue weighted by Crippen LogP contribution is -2.55. The lowest BCUT2D eigenvalue weighted by Gasteiger charge is -2.44. The fraction of sp³-hybridized carbons (Fsp3) is 0.469. The normalized spacial score (nSPS) is 23.2. The quantitative estimate of drug-likeness (QED) is 0.343. The zero-order valence-electron chi connectivity index (χ0n) is 22.7. The number of nitrogens with two attached hydrogens (primary N) is 1. The van der Waals surface area contributed by atoms with Crippen molar-refractivity contribution < 1.29 is 19.4 Å². The fourth-order valence-electron chi connectivity index (χ4n) is 6.27. The first kappa shape index (κ1) is 28.1. The Morgan fingerprint density at radius 1 is 1.13 bits per heavy atom. The maximum Gasteiger partial charge on any atom is 0.225 e. The van der Waals surface area contributed by atoms with Crippen molar-refractivity contribution in [2.45, 2.75) is 56.3 Å². The number of methoxy groups -OCH3 is 1. The minimum Gasteiger partial charge on any atom is -0.385 e. The third-order valence-electron chi connectivity index (χ3n) is 8.41. The number of halogens is 1. The second kappa shape index (κ2) is 12.4. The molecule has 3 N–H and O–H groups in total. The molecule has 1 unspecified atom stereocenters. The zero-order chi connectivity index (χ0) is 27.4. The van der Waals surface area contributed by atoms with Crippen LogP contribution in [0, 0.1) is 5.92 Å². The molecule has 5 rings (SSSR count). The van der Waals surface area contributed by atoms with Gasteiger partial charge in [0.15, 0.2) is 0 Å². The topological polar surface area (TPSA) is 85.0 Å². The van der Waals surface area contributed by atoms with Crippen molar-refractivity contribution in [3.63, 3.8) is 0 Å². The average molecular weight is 551 g/mol. The highest BCUT2D eigenvalue weighted by Crippen LogP contribution is 2.43. The largest absolute Gasteiger partial charge is 0.385 e. The molecule has 3 aromatic rings. The van der Waals surface area contributed by atoms with Gasteiger partial charge in [0.1, 0.15) is 11.7 Å². The second-order valence-electron chi connectivity index (χ2n) is 11.0. The first-order valence-electron chi connectivity index (χ1n) is 14.1. The van der Waals surface area contributed by atoms with E-state index in [-0.39, 0.29) is 17.9 Å². The Kier molecular flexibility index (Phi) is 8.89. The van der Waals surface area contributed by atoms with Crippen molar-refractivity contribution in [3.05, 3.63) is 71.2 Å². The van der Waals surface area contributed by atoms with E-state index in [1.165, 1.54) is 0 Å². The number of fused-ring (bicyclic) bond motifs is 1. The van der Waals surface area contributed by atoms with Crippen LogP contribution in [-0.4, -0.2) is 61.5 Å². The minimum atomic E-state index is -1.36. The number of nitrogens with zero attached hydrogens (tertiary/aromatic N) is 1. The summed E-state index contributed by atoms with van der Waals surface area (Å²) in [6.45, 7) is 1.84. The molecule has 4 atom stereocenters. The zero-order valence-corrected chi connectivity index (χ0v) is 23.4. The van der Waals surface area contributed by atoms with Crippen molar-refractivity contribution in [3.8, 4) is 11.1 Å². The molecule has 0 spiro atoms. The van der Waals surface area contributed by atoms with E-state index < -0.39 is 11.7 Å². The van der Waals surface area contributed by atoms with Crippen LogP contribution in [0.25, 0.3) is 21.9 Å². The number of hydrogen-bond donors (Lipinski definition) is 2. The van der Waals surface area contributed by atoms with Gasteiger partial charge < -0.3 is 25.2 Å². The monoisotopic (exact) mass is 550 g/mol. The number of unbranched alkanes of at least 4 members (excludes halogenated alkanes) is 1. The van der Waals surface area contributed by atoms with Gasteiger partial charge in [-0.05, 0) is 72.6 Å². The molecular formula is C32H39ClN2O4. The molecule has 3 aromatic carbocycles. The average Bonchev–Trinajstić information content (AvgIpc) is 3.40. The van der Waals surface area contributed by atoms with E-state index in [0.717, 1.165) is 59.6 Å². The van der Waals surface area contributed by atoms with Crippen LogP contribution < -0.4 is 5.73 Å². The predicted molar refractivity (Wildman–Crippen MR) is 156 cm³/mol. The van der Waals surface area contributed by atoms with Crippen LogP contribution in [0.5, 0.6) is 0 Å². The SMILES string of the molecule is COCCCC[C@@](O)(c1cccc(Cl)c1-c1ccc2ccccc2c1)[C@H]1CN(C(=O)C2CC[C@H](N)C2)CCO1. The van der Waals surface area contributed by atoms with Crippen molar-refractivity contribution in [2.24, 2.45) is 11.7 Å². The second-order valence-corrected chi connectivity index (χ2v) is 11.4. The number of carbonyl (C=O) groups excluding carboxylic acids is 1. The highest BCUT2D eigenvalue weighted by molar-refractivity contribution is 6.33. The lowest BCUT2D eigenvalue weighted by molar-refractivity contribution is -0.167.